The van der Waals surface area contributed by atoms with Gasteiger partial charge in [0.25, 0.3) is 33.9 Å². The summed E-state index contributed by atoms with van der Waals surface area (Å²) in [6, 6.07) is 7.66. The van der Waals surface area contributed by atoms with Gasteiger partial charge in [0.05, 0.1) is 26.2 Å². The van der Waals surface area contributed by atoms with E-state index in [0.717, 1.165) is 0 Å². The molecule has 0 unspecified atom stereocenters. The zero-order valence-electron chi connectivity index (χ0n) is 22.9. The third-order valence-corrected chi connectivity index (χ3v) is 5.50. The van der Waals surface area contributed by atoms with Crippen LogP contribution in [0.3, 0.4) is 0 Å². The van der Waals surface area contributed by atoms with E-state index < -0.39 is 13.6 Å². The van der Waals surface area contributed by atoms with Gasteiger partial charge in [0.1, 0.15) is 0 Å². The van der Waals surface area contributed by atoms with Crippen LogP contribution in [0.5, 0.6) is 5.75 Å². The molecule has 0 amide bonds. The van der Waals surface area contributed by atoms with E-state index in [0.29, 0.717) is 0 Å². The number of quaternary nitrogens is 1. The SMILES string of the molecule is CCCC[N+](CCCC)(CCCC)CCCC.[C]=O.[C]=O.[C]=O.[C]=O.[C]=O.[O]=[Cr](=[O])([O-])[O]c1ccccc1. The number of carbonyl (C=O) groups excluding carboxylic acids is 5. The summed E-state index contributed by atoms with van der Waals surface area (Å²) >= 11 is -5.31. The molecule has 0 aromatic heterocycles. The third-order valence-electron chi connectivity index (χ3n) is 4.89. The molecule has 0 aliphatic rings. The van der Waals surface area contributed by atoms with Crippen LogP contribution in [0.2, 0.25) is 0 Å². The zero-order chi connectivity index (χ0) is 31.3. The second kappa shape index (κ2) is 41.5. The van der Waals surface area contributed by atoms with Gasteiger partial charge >= 0.3 is 65.2 Å². The number of rotatable bonds is 14. The van der Waals surface area contributed by atoms with Crippen LogP contribution in [0.25, 0.3) is 0 Å². The molecule has 214 valence electrons. The summed E-state index contributed by atoms with van der Waals surface area (Å²) in [6.45, 7) is 37.5. The van der Waals surface area contributed by atoms with E-state index in [9.17, 15) is 11.8 Å². The van der Waals surface area contributed by atoms with E-state index in [4.69, 9.17) is 24.0 Å². The van der Waals surface area contributed by atoms with E-state index in [-0.39, 0.29) is 5.75 Å². The molecule has 1 aromatic carbocycles. The van der Waals surface area contributed by atoms with Crippen molar-refractivity contribution < 1.29 is 57.6 Å². The van der Waals surface area contributed by atoms with E-state index in [1.807, 2.05) is 0 Å². The first-order valence-electron chi connectivity index (χ1n) is 11.9. The molecule has 0 N–H and O–H groups in total. The third kappa shape index (κ3) is 38.0. The molecular weight excluding hydrogens is 534 g/mol. The molecule has 1 aromatic rings. The summed E-state index contributed by atoms with van der Waals surface area (Å²) in [5.74, 6) is 0.0625. The average Bonchev–Trinajstić information content (AvgIpc) is 2.97. The van der Waals surface area contributed by atoms with Crippen molar-refractivity contribution in [2.75, 3.05) is 26.2 Å². The molecule has 0 aliphatic carbocycles. The van der Waals surface area contributed by atoms with Crippen molar-refractivity contribution >= 4 is 33.9 Å². The minimum absolute atomic E-state index is 0.0625. The molecular formula is C27H41CrNO9. The van der Waals surface area contributed by atoms with Gasteiger partial charge in [-0.05, 0) is 25.7 Å². The molecule has 0 aliphatic heterocycles. The van der Waals surface area contributed by atoms with Gasteiger partial charge in [-0.2, -0.15) is 0 Å². The Labute approximate surface area is 232 Å². The number of benzene rings is 1. The summed E-state index contributed by atoms with van der Waals surface area (Å²) in [4.78, 5) is 37.5. The first kappa shape index (κ1) is 48.5. The topological polar surface area (TPSA) is 152 Å². The summed E-state index contributed by atoms with van der Waals surface area (Å²) < 4.78 is 35.8. The van der Waals surface area contributed by atoms with Crippen LogP contribution in [0, 0.1) is 0 Å². The van der Waals surface area contributed by atoms with Crippen molar-refractivity contribution in [2.45, 2.75) is 79.1 Å². The molecule has 38 heavy (non-hydrogen) atoms. The summed E-state index contributed by atoms with van der Waals surface area (Å²) in [5, 5.41) is 0. The van der Waals surface area contributed by atoms with E-state index in [2.05, 4.69) is 65.4 Å². The maximum absolute atomic E-state index is 10.1. The molecule has 0 bridgehead atoms. The molecule has 10 nitrogen and oxygen atoms in total. The van der Waals surface area contributed by atoms with Crippen LogP contribution < -0.4 is 7.95 Å². The first-order valence-corrected chi connectivity index (χ1v) is 14.0. The molecule has 1 rings (SSSR count). The maximum atomic E-state index is 10.1. The zero-order valence-corrected chi connectivity index (χ0v) is 24.2. The monoisotopic (exact) mass is 575 g/mol. The molecule has 0 atom stereocenters. The van der Waals surface area contributed by atoms with Crippen molar-refractivity contribution in [2.24, 2.45) is 0 Å². The molecule has 0 spiro atoms. The quantitative estimate of drug-likeness (QED) is 0.305. The average molecular weight is 576 g/mol. The van der Waals surface area contributed by atoms with Crippen LogP contribution in [0.15, 0.2) is 30.3 Å². The number of unbranched alkanes of at least 4 members (excludes halogenated alkanes) is 4. The molecule has 10 radical (unpaired) electrons. The Morgan fingerprint density at radius 2 is 0.868 bits per heavy atom. The van der Waals surface area contributed by atoms with Gasteiger partial charge in [0.15, 0.2) is 0 Å². The Balaban J connectivity index is -0.000000105. The van der Waals surface area contributed by atoms with Crippen molar-refractivity contribution in [3.8, 4) is 5.75 Å². The van der Waals surface area contributed by atoms with Crippen LogP contribution >= 0.6 is 0 Å². The fourth-order valence-electron chi connectivity index (χ4n) is 3.24. The Bertz CT molecular complexity index is 613. The number of para-hydroxylation sites is 1. The summed E-state index contributed by atoms with van der Waals surface area (Å²) in [7, 11) is 0. The van der Waals surface area contributed by atoms with Crippen LogP contribution in [-0.4, -0.2) is 64.6 Å². The molecule has 11 heteroatoms. The van der Waals surface area contributed by atoms with Crippen molar-refractivity contribution in [3.05, 3.63) is 30.3 Å². The van der Waals surface area contributed by atoms with E-state index in [1.165, 1.54) is 94.2 Å². The van der Waals surface area contributed by atoms with Crippen LogP contribution in [0.4, 0.5) is 0 Å². The van der Waals surface area contributed by atoms with Gasteiger partial charge in [-0.1, -0.05) is 53.4 Å². The van der Waals surface area contributed by atoms with Gasteiger partial charge in [-0.15, -0.1) is 0 Å². The number of hydrogen-bond donors (Lipinski definition) is 0. The standard InChI is InChI=1S/C16H36N.C6H6O.5CO.Cr.3O/c1-5-9-13-17(14-10-6-2,15-11-7-3)16-12-8-4;7-6-4-2-1-3-5-6;5*1-2;;;;/h5-16H2,1-4H3;1-5,7H;;;;;;;;;/q+1;;;;;;;+1;;;-1/p-1. The Kier molecular flexibility index (Phi) is 53.0. The van der Waals surface area contributed by atoms with Gasteiger partial charge in [-0.25, -0.2) is 0 Å². The normalized spacial score (nSPS) is 9.08. The van der Waals surface area contributed by atoms with Crippen LogP contribution in [0.1, 0.15) is 79.1 Å². The Hall–Kier alpha value is -2.58. The number of nitrogens with zero attached hydrogens (tertiary/aromatic N) is 1. The molecule has 0 fully saturated rings. The molecule has 0 saturated heterocycles. The van der Waals surface area contributed by atoms with Gasteiger partial charge in [-0.3, -0.25) is 24.0 Å². The van der Waals surface area contributed by atoms with Crippen LogP contribution in [-0.2, 0) is 45.2 Å². The molecule has 0 heterocycles. The van der Waals surface area contributed by atoms with E-state index >= 15 is 0 Å². The summed E-state index contributed by atoms with van der Waals surface area (Å²) in [6.07, 6.45) is 11.1. The predicted molar refractivity (Wildman–Crippen MR) is 136 cm³/mol. The van der Waals surface area contributed by atoms with Crippen molar-refractivity contribution in [3.63, 3.8) is 0 Å². The van der Waals surface area contributed by atoms with Gasteiger partial charge in [0.2, 0.25) is 0 Å². The Morgan fingerprint density at radius 3 is 1.08 bits per heavy atom. The van der Waals surface area contributed by atoms with Gasteiger partial charge in [0, 0.05) is 0 Å². The van der Waals surface area contributed by atoms with Crippen molar-refractivity contribution in [1.82, 2.24) is 0 Å². The molecule has 0 saturated carbocycles. The number of hydrogen-bond acceptors (Lipinski definition) is 9. The second-order valence-electron chi connectivity index (χ2n) is 7.45. The Morgan fingerprint density at radius 1 is 0.605 bits per heavy atom. The predicted octanol–water partition coefficient (Wildman–Crippen LogP) is 3.12. The first-order chi connectivity index (χ1) is 18.3. The van der Waals surface area contributed by atoms with Gasteiger partial charge < -0.3 is 4.48 Å². The summed E-state index contributed by atoms with van der Waals surface area (Å²) in [5.41, 5.74) is 0. The minimum atomic E-state index is -5.31. The second-order valence-corrected chi connectivity index (χ2v) is 8.99. The fraction of sp³-hybridized carbons (Fsp3) is 0.593. The van der Waals surface area contributed by atoms with Crippen molar-refractivity contribution in [1.29, 1.82) is 0 Å². The van der Waals surface area contributed by atoms with E-state index in [1.54, 1.807) is 18.2 Å². The fourth-order valence-corrected chi connectivity index (χ4v) is 3.78.